The second kappa shape index (κ2) is 3.81. The minimum Gasteiger partial charge on any atom is -0.382 e. The van der Waals surface area contributed by atoms with Crippen LogP contribution in [0.3, 0.4) is 0 Å². The van der Waals surface area contributed by atoms with E-state index in [4.69, 9.17) is 5.73 Å². The molecule has 0 aliphatic rings. The fourth-order valence-corrected chi connectivity index (χ4v) is 1.69. The number of nitrogens with one attached hydrogen (secondary N) is 1. The SMILES string of the molecule is Cc1ccc(C)c(-c2[nH]nc(N)c2C=O)c1. The number of aromatic amines is 1. The van der Waals surface area contributed by atoms with Gasteiger partial charge in [0.2, 0.25) is 0 Å². The third kappa shape index (κ3) is 1.58. The van der Waals surface area contributed by atoms with Gasteiger partial charge in [-0.25, -0.2) is 0 Å². The van der Waals surface area contributed by atoms with Gasteiger partial charge in [0.25, 0.3) is 0 Å². The van der Waals surface area contributed by atoms with E-state index in [0.29, 0.717) is 11.3 Å². The zero-order valence-corrected chi connectivity index (χ0v) is 9.24. The molecule has 16 heavy (non-hydrogen) atoms. The van der Waals surface area contributed by atoms with Crippen LogP contribution < -0.4 is 5.73 Å². The van der Waals surface area contributed by atoms with Gasteiger partial charge in [-0.2, -0.15) is 5.10 Å². The van der Waals surface area contributed by atoms with Gasteiger partial charge in [-0.15, -0.1) is 0 Å². The average molecular weight is 215 g/mol. The summed E-state index contributed by atoms with van der Waals surface area (Å²) in [5.41, 5.74) is 9.89. The van der Waals surface area contributed by atoms with Crippen molar-refractivity contribution in [2.45, 2.75) is 13.8 Å². The van der Waals surface area contributed by atoms with Crippen LogP contribution in [0.5, 0.6) is 0 Å². The van der Waals surface area contributed by atoms with Crippen LogP contribution >= 0.6 is 0 Å². The Balaban J connectivity index is 2.66. The smallest absolute Gasteiger partial charge is 0.156 e. The summed E-state index contributed by atoms with van der Waals surface area (Å²) in [6.07, 6.45) is 0.732. The molecule has 0 aliphatic carbocycles. The van der Waals surface area contributed by atoms with Gasteiger partial charge in [0.15, 0.2) is 12.1 Å². The lowest BCUT2D eigenvalue weighted by molar-refractivity contribution is 0.112. The first-order valence-corrected chi connectivity index (χ1v) is 5.00. The predicted molar refractivity (Wildman–Crippen MR) is 63.3 cm³/mol. The number of anilines is 1. The van der Waals surface area contributed by atoms with Crippen LogP contribution in [0.25, 0.3) is 11.3 Å². The Hall–Kier alpha value is -2.10. The minimum atomic E-state index is 0.242. The highest BCUT2D eigenvalue weighted by molar-refractivity contribution is 5.91. The van der Waals surface area contributed by atoms with Crippen molar-refractivity contribution < 1.29 is 4.79 Å². The summed E-state index contributed by atoms with van der Waals surface area (Å²) in [4.78, 5) is 10.9. The van der Waals surface area contributed by atoms with Crippen LogP contribution in [0, 0.1) is 13.8 Å². The van der Waals surface area contributed by atoms with Crippen LogP contribution in [0.15, 0.2) is 18.2 Å². The molecule has 0 saturated heterocycles. The molecule has 1 aromatic carbocycles. The molecular weight excluding hydrogens is 202 g/mol. The zero-order chi connectivity index (χ0) is 11.7. The molecule has 0 aliphatic heterocycles. The van der Waals surface area contributed by atoms with Gasteiger partial charge < -0.3 is 5.73 Å². The Labute approximate surface area is 93.5 Å². The standard InChI is InChI=1S/C12H13N3O/c1-7-3-4-8(2)9(5-7)11-10(6-16)12(13)15-14-11/h3-6H,1-2H3,(H3,13,14,15). The van der Waals surface area contributed by atoms with E-state index >= 15 is 0 Å². The zero-order valence-electron chi connectivity index (χ0n) is 9.24. The monoisotopic (exact) mass is 215 g/mol. The number of hydrogen-bond donors (Lipinski definition) is 2. The molecule has 1 heterocycles. The highest BCUT2D eigenvalue weighted by Crippen LogP contribution is 2.27. The van der Waals surface area contributed by atoms with E-state index in [2.05, 4.69) is 10.2 Å². The second-order valence-electron chi connectivity index (χ2n) is 3.83. The number of aryl methyl sites for hydroxylation is 2. The molecular formula is C12H13N3O. The maximum atomic E-state index is 10.9. The molecule has 0 spiro atoms. The van der Waals surface area contributed by atoms with Crippen molar-refractivity contribution in [3.05, 3.63) is 34.9 Å². The Morgan fingerprint density at radius 3 is 2.81 bits per heavy atom. The van der Waals surface area contributed by atoms with Crippen molar-refractivity contribution in [2.75, 3.05) is 5.73 Å². The number of nitrogens with two attached hydrogens (primary N) is 1. The molecule has 0 bridgehead atoms. The number of carbonyl (C=O) groups is 1. The van der Waals surface area contributed by atoms with Gasteiger partial charge in [-0.3, -0.25) is 9.89 Å². The maximum Gasteiger partial charge on any atom is 0.156 e. The molecule has 0 fully saturated rings. The van der Waals surface area contributed by atoms with Gasteiger partial charge in [0, 0.05) is 5.56 Å². The lowest BCUT2D eigenvalue weighted by Gasteiger charge is -2.05. The molecule has 1 aromatic heterocycles. The number of aldehydes is 1. The molecule has 82 valence electrons. The van der Waals surface area contributed by atoms with Crippen molar-refractivity contribution in [3.8, 4) is 11.3 Å². The van der Waals surface area contributed by atoms with E-state index in [9.17, 15) is 4.79 Å². The van der Waals surface area contributed by atoms with E-state index in [1.807, 2.05) is 32.0 Å². The highest BCUT2D eigenvalue weighted by Gasteiger charge is 2.13. The largest absolute Gasteiger partial charge is 0.382 e. The first-order chi connectivity index (χ1) is 7.63. The first kappa shape index (κ1) is 10.4. The Morgan fingerprint density at radius 1 is 1.38 bits per heavy atom. The Bertz CT molecular complexity index is 543. The van der Waals surface area contributed by atoms with E-state index in [-0.39, 0.29) is 5.82 Å². The summed E-state index contributed by atoms with van der Waals surface area (Å²) in [6, 6.07) is 6.05. The van der Waals surface area contributed by atoms with Gasteiger partial charge in [0.1, 0.15) is 0 Å². The number of rotatable bonds is 2. The van der Waals surface area contributed by atoms with Crippen LogP contribution in [0.4, 0.5) is 5.82 Å². The van der Waals surface area contributed by atoms with Crippen molar-refractivity contribution in [3.63, 3.8) is 0 Å². The summed E-state index contributed by atoms with van der Waals surface area (Å²) in [7, 11) is 0. The molecule has 4 nitrogen and oxygen atoms in total. The first-order valence-electron chi connectivity index (χ1n) is 5.00. The van der Waals surface area contributed by atoms with Crippen LogP contribution in [0.1, 0.15) is 21.5 Å². The van der Waals surface area contributed by atoms with Crippen molar-refractivity contribution in [1.82, 2.24) is 10.2 Å². The van der Waals surface area contributed by atoms with Crippen molar-refractivity contribution in [2.24, 2.45) is 0 Å². The molecule has 0 atom stereocenters. The van der Waals surface area contributed by atoms with Gasteiger partial charge in [0.05, 0.1) is 11.3 Å². The fourth-order valence-electron chi connectivity index (χ4n) is 1.69. The summed E-state index contributed by atoms with van der Waals surface area (Å²) >= 11 is 0. The van der Waals surface area contributed by atoms with E-state index in [1.54, 1.807) is 0 Å². The average Bonchev–Trinajstić information content (AvgIpc) is 2.63. The number of carbonyl (C=O) groups excluding carboxylic acids is 1. The van der Waals surface area contributed by atoms with Crippen molar-refractivity contribution in [1.29, 1.82) is 0 Å². The van der Waals surface area contributed by atoms with Crippen LogP contribution in [-0.4, -0.2) is 16.5 Å². The lowest BCUT2D eigenvalue weighted by atomic mass is 10.0. The lowest BCUT2D eigenvalue weighted by Crippen LogP contribution is -1.92. The van der Waals surface area contributed by atoms with Gasteiger partial charge >= 0.3 is 0 Å². The summed E-state index contributed by atoms with van der Waals surface area (Å²) in [6.45, 7) is 3.99. The quantitative estimate of drug-likeness (QED) is 0.753. The van der Waals surface area contributed by atoms with Crippen LogP contribution in [-0.2, 0) is 0 Å². The van der Waals surface area contributed by atoms with E-state index < -0.39 is 0 Å². The summed E-state index contributed by atoms with van der Waals surface area (Å²) in [5.74, 6) is 0.242. The predicted octanol–water partition coefficient (Wildman–Crippen LogP) is 2.09. The molecule has 0 amide bonds. The topological polar surface area (TPSA) is 71.8 Å². The Kier molecular flexibility index (Phi) is 2.48. The molecule has 0 unspecified atom stereocenters. The fraction of sp³-hybridized carbons (Fsp3) is 0.167. The maximum absolute atomic E-state index is 10.9. The molecule has 3 N–H and O–H groups in total. The minimum absolute atomic E-state index is 0.242. The van der Waals surface area contributed by atoms with Gasteiger partial charge in [-0.1, -0.05) is 17.7 Å². The summed E-state index contributed by atoms with van der Waals surface area (Å²) < 4.78 is 0. The van der Waals surface area contributed by atoms with Crippen molar-refractivity contribution >= 4 is 12.1 Å². The molecule has 0 saturated carbocycles. The third-order valence-corrected chi connectivity index (χ3v) is 2.61. The van der Waals surface area contributed by atoms with E-state index in [0.717, 1.165) is 23.0 Å². The normalized spacial score (nSPS) is 10.4. The Morgan fingerprint density at radius 2 is 2.12 bits per heavy atom. The number of nitrogen functional groups attached to an aromatic ring is 1. The highest BCUT2D eigenvalue weighted by atomic mass is 16.1. The molecule has 2 aromatic rings. The second-order valence-corrected chi connectivity index (χ2v) is 3.83. The number of aromatic nitrogens is 2. The number of nitrogens with zero attached hydrogens (tertiary/aromatic N) is 1. The van der Waals surface area contributed by atoms with E-state index in [1.165, 1.54) is 0 Å². The van der Waals surface area contributed by atoms with Crippen LogP contribution in [0.2, 0.25) is 0 Å². The van der Waals surface area contributed by atoms with Gasteiger partial charge in [-0.05, 0) is 25.5 Å². The molecule has 4 heteroatoms. The molecule has 0 radical (unpaired) electrons. The number of H-pyrrole nitrogens is 1. The molecule has 2 rings (SSSR count). The number of hydrogen-bond acceptors (Lipinski definition) is 3. The summed E-state index contributed by atoms with van der Waals surface area (Å²) in [5, 5.41) is 6.66. The number of benzene rings is 1. The third-order valence-electron chi connectivity index (χ3n) is 2.61.